The third-order valence-electron chi connectivity index (χ3n) is 2.63. The zero-order valence-electron chi connectivity index (χ0n) is 10.4. The average molecular weight is 228 g/mol. The molecule has 1 unspecified atom stereocenters. The van der Waals surface area contributed by atoms with Gasteiger partial charge in [0.2, 0.25) is 0 Å². The Morgan fingerprint density at radius 3 is 2.65 bits per heavy atom. The molecule has 1 aromatic rings. The summed E-state index contributed by atoms with van der Waals surface area (Å²) in [5.41, 5.74) is 1.15. The van der Waals surface area contributed by atoms with E-state index in [1.807, 2.05) is 18.2 Å². The van der Waals surface area contributed by atoms with E-state index >= 15 is 0 Å². The molecule has 0 bridgehead atoms. The van der Waals surface area contributed by atoms with Crippen LogP contribution in [0.3, 0.4) is 0 Å². The molecule has 1 N–H and O–H groups in total. The van der Waals surface area contributed by atoms with E-state index in [4.69, 9.17) is 0 Å². The summed E-state index contributed by atoms with van der Waals surface area (Å²) in [5.74, 6) is 7.01. The number of rotatable bonds is 5. The normalized spacial score (nSPS) is 11.4. The predicted octanol–water partition coefficient (Wildman–Crippen LogP) is 4.25. The minimum atomic E-state index is 0.199. The van der Waals surface area contributed by atoms with E-state index in [2.05, 4.69) is 25.3 Å². The molecule has 1 atom stereocenters. The van der Waals surface area contributed by atoms with Crippen molar-refractivity contribution in [2.24, 2.45) is 0 Å². The minimum Gasteiger partial charge on any atom is -0.508 e. The lowest BCUT2D eigenvalue weighted by Gasteiger charge is -2.08. The molecule has 0 fully saturated rings. The first-order valence-electron chi connectivity index (χ1n) is 6.16. The van der Waals surface area contributed by atoms with E-state index in [0.29, 0.717) is 5.75 Å². The maximum atomic E-state index is 9.26. The number of benzene rings is 1. The lowest BCUT2D eigenvalue weighted by atomic mass is 9.96. The van der Waals surface area contributed by atoms with Gasteiger partial charge >= 0.3 is 0 Å². The van der Waals surface area contributed by atoms with Gasteiger partial charge in [0.25, 0.3) is 0 Å². The maximum absolute atomic E-state index is 9.26. The van der Waals surface area contributed by atoms with Crippen molar-refractivity contribution in [2.75, 3.05) is 0 Å². The Hall–Kier alpha value is -1.68. The second kappa shape index (κ2) is 7.57. The molecular weight excluding hydrogens is 208 g/mol. The quantitative estimate of drug-likeness (QED) is 0.454. The van der Waals surface area contributed by atoms with Crippen molar-refractivity contribution < 1.29 is 5.11 Å². The van der Waals surface area contributed by atoms with E-state index < -0.39 is 0 Å². The van der Waals surface area contributed by atoms with Gasteiger partial charge < -0.3 is 5.11 Å². The highest BCUT2D eigenvalue weighted by molar-refractivity contribution is 5.33. The van der Waals surface area contributed by atoms with Gasteiger partial charge in [0.1, 0.15) is 5.75 Å². The van der Waals surface area contributed by atoms with Crippen LogP contribution in [-0.2, 0) is 0 Å². The summed E-state index contributed by atoms with van der Waals surface area (Å²) in [6.45, 7) is 5.94. The molecule has 0 aromatic heterocycles. The van der Waals surface area contributed by atoms with Gasteiger partial charge in [-0.25, -0.2) is 0 Å². The molecule has 17 heavy (non-hydrogen) atoms. The second-order valence-corrected chi connectivity index (χ2v) is 4.09. The molecule has 0 saturated carbocycles. The predicted molar refractivity (Wildman–Crippen MR) is 73.0 cm³/mol. The molecule has 1 rings (SSSR count). The first kappa shape index (κ1) is 13.4. The van der Waals surface area contributed by atoms with Crippen LogP contribution in [0.5, 0.6) is 5.75 Å². The summed E-state index contributed by atoms with van der Waals surface area (Å²) in [6.07, 6.45) is 6.04. The zero-order chi connectivity index (χ0) is 12.5. The van der Waals surface area contributed by atoms with Crippen molar-refractivity contribution in [3.63, 3.8) is 0 Å². The molecule has 0 spiro atoms. The summed E-state index contributed by atoms with van der Waals surface area (Å²) < 4.78 is 0. The van der Waals surface area contributed by atoms with Gasteiger partial charge in [-0.2, -0.15) is 0 Å². The fourth-order valence-electron chi connectivity index (χ4n) is 1.61. The van der Waals surface area contributed by atoms with Crippen molar-refractivity contribution in [1.82, 2.24) is 0 Å². The third kappa shape index (κ3) is 4.78. The highest BCUT2D eigenvalue weighted by Crippen LogP contribution is 2.21. The van der Waals surface area contributed by atoms with Crippen molar-refractivity contribution >= 4 is 0 Å². The van der Waals surface area contributed by atoms with E-state index in [1.165, 1.54) is 6.42 Å². The molecular formula is C16H20O. The fourth-order valence-corrected chi connectivity index (χ4v) is 1.61. The standard InChI is InChI=1S/C16H20O/c1-3-5-6-7-9-14(8-4-2)15-10-12-16(17)13-11-15/h4,10-14,17H,2-3,5-6,8H2,1H3. The lowest BCUT2D eigenvalue weighted by Crippen LogP contribution is -1.93. The third-order valence-corrected chi connectivity index (χ3v) is 2.63. The molecule has 0 aliphatic heterocycles. The highest BCUT2D eigenvalue weighted by atomic mass is 16.3. The monoisotopic (exact) mass is 228 g/mol. The lowest BCUT2D eigenvalue weighted by molar-refractivity contribution is 0.475. The Kier molecular flexibility index (Phi) is 5.96. The van der Waals surface area contributed by atoms with Crippen LogP contribution in [0.25, 0.3) is 0 Å². The molecule has 90 valence electrons. The molecule has 1 aromatic carbocycles. The molecule has 0 aliphatic carbocycles. The highest BCUT2D eigenvalue weighted by Gasteiger charge is 2.05. The molecule has 0 aliphatic rings. The van der Waals surface area contributed by atoms with Gasteiger partial charge in [0.15, 0.2) is 0 Å². The Morgan fingerprint density at radius 1 is 1.35 bits per heavy atom. The van der Waals surface area contributed by atoms with Crippen LogP contribution >= 0.6 is 0 Å². The number of allylic oxidation sites excluding steroid dienone is 1. The van der Waals surface area contributed by atoms with Crippen LogP contribution in [0.15, 0.2) is 36.9 Å². The van der Waals surface area contributed by atoms with Crippen molar-refractivity contribution in [3.05, 3.63) is 42.5 Å². The van der Waals surface area contributed by atoms with Crippen LogP contribution in [0, 0.1) is 11.8 Å². The maximum Gasteiger partial charge on any atom is 0.115 e. The zero-order valence-corrected chi connectivity index (χ0v) is 10.4. The van der Waals surface area contributed by atoms with Crippen LogP contribution in [-0.4, -0.2) is 5.11 Å². The Balaban J connectivity index is 2.73. The van der Waals surface area contributed by atoms with E-state index in [0.717, 1.165) is 24.8 Å². The van der Waals surface area contributed by atoms with Crippen LogP contribution < -0.4 is 0 Å². The molecule has 0 radical (unpaired) electrons. The first-order valence-corrected chi connectivity index (χ1v) is 6.16. The summed E-state index contributed by atoms with van der Waals surface area (Å²) in [5, 5.41) is 9.26. The number of hydrogen-bond acceptors (Lipinski definition) is 1. The van der Waals surface area contributed by atoms with Gasteiger partial charge in [0, 0.05) is 12.3 Å². The number of hydrogen-bond donors (Lipinski definition) is 1. The second-order valence-electron chi connectivity index (χ2n) is 4.09. The molecule has 1 nitrogen and oxygen atoms in total. The SMILES string of the molecule is C=CCC(C#CCCCC)c1ccc(O)cc1. The largest absolute Gasteiger partial charge is 0.508 e. The number of phenols is 1. The van der Waals surface area contributed by atoms with Crippen molar-refractivity contribution in [1.29, 1.82) is 0 Å². The Morgan fingerprint density at radius 2 is 2.06 bits per heavy atom. The van der Waals surface area contributed by atoms with Gasteiger partial charge in [-0.15, -0.1) is 12.5 Å². The molecule has 0 saturated heterocycles. The van der Waals surface area contributed by atoms with Gasteiger partial charge in [-0.1, -0.05) is 37.5 Å². The summed E-state index contributed by atoms with van der Waals surface area (Å²) in [7, 11) is 0. The number of phenolic OH excluding ortho intramolecular Hbond substituents is 1. The van der Waals surface area contributed by atoms with E-state index in [1.54, 1.807) is 12.1 Å². The number of unbranched alkanes of at least 4 members (excludes halogenated alkanes) is 2. The molecule has 0 heterocycles. The van der Waals surface area contributed by atoms with Crippen LogP contribution in [0.2, 0.25) is 0 Å². The number of aromatic hydroxyl groups is 1. The van der Waals surface area contributed by atoms with Crippen molar-refractivity contribution in [2.45, 2.75) is 38.5 Å². The topological polar surface area (TPSA) is 20.2 Å². The van der Waals surface area contributed by atoms with Crippen molar-refractivity contribution in [3.8, 4) is 17.6 Å². The molecule has 1 heteroatoms. The average Bonchev–Trinajstić information content (AvgIpc) is 2.34. The van der Waals surface area contributed by atoms with E-state index in [-0.39, 0.29) is 5.92 Å². The minimum absolute atomic E-state index is 0.199. The molecule has 0 amide bonds. The fraction of sp³-hybridized carbons (Fsp3) is 0.375. The van der Waals surface area contributed by atoms with Gasteiger partial charge in [-0.3, -0.25) is 0 Å². The van der Waals surface area contributed by atoms with Gasteiger partial charge in [-0.05, 0) is 30.5 Å². The van der Waals surface area contributed by atoms with E-state index in [9.17, 15) is 5.11 Å². The van der Waals surface area contributed by atoms with Gasteiger partial charge in [0.05, 0.1) is 0 Å². The van der Waals surface area contributed by atoms with Crippen LogP contribution in [0.1, 0.15) is 44.1 Å². The summed E-state index contributed by atoms with van der Waals surface area (Å²) in [4.78, 5) is 0. The Labute approximate surface area is 104 Å². The summed E-state index contributed by atoms with van der Waals surface area (Å²) >= 11 is 0. The summed E-state index contributed by atoms with van der Waals surface area (Å²) in [6, 6.07) is 7.27. The van der Waals surface area contributed by atoms with Crippen LogP contribution in [0.4, 0.5) is 0 Å². The Bertz CT molecular complexity index is 392. The first-order chi connectivity index (χ1) is 8.27. The smallest absolute Gasteiger partial charge is 0.115 e.